The highest BCUT2D eigenvalue weighted by atomic mass is 16.2. The van der Waals surface area contributed by atoms with Crippen molar-refractivity contribution in [3.05, 3.63) is 65.2 Å². The molecule has 29 heavy (non-hydrogen) atoms. The lowest BCUT2D eigenvalue weighted by Gasteiger charge is -2.31. The average Bonchev–Trinajstić information content (AvgIpc) is 2.74. The number of aryl methyl sites for hydroxylation is 2. The van der Waals surface area contributed by atoms with Crippen LogP contribution in [-0.2, 0) is 9.59 Å². The Balaban J connectivity index is 1.45. The van der Waals surface area contributed by atoms with E-state index < -0.39 is 0 Å². The Morgan fingerprint density at radius 3 is 2.34 bits per heavy atom. The van der Waals surface area contributed by atoms with Gasteiger partial charge in [0, 0.05) is 43.1 Å². The standard InChI is InChI=1S/C24H28N2O3/c1-17-8-9-18(2)21(16-17)22(27)10-11-23(28)26-14-12-19(13-15-26)24(29)25-20-6-4-3-5-7-20/h3-9,16,19H,10-15H2,1-2H3,(H,25,29). The fourth-order valence-electron chi connectivity index (χ4n) is 3.71. The van der Waals surface area contributed by atoms with Crippen LogP contribution in [0.5, 0.6) is 0 Å². The van der Waals surface area contributed by atoms with Crippen molar-refractivity contribution in [3.8, 4) is 0 Å². The summed E-state index contributed by atoms with van der Waals surface area (Å²) in [5.41, 5.74) is 3.48. The first kappa shape index (κ1) is 20.8. The van der Waals surface area contributed by atoms with Gasteiger partial charge in [0.2, 0.25) is 11.8 Å². The van der Waals surface area contributed by atoms with E-state index in [1.807, 2.05) is 62.4 Å². The second kappa shape index (κ2) is 9.50. The first-order valence-corrected chi connectivity index (χ1v) is 10.2. The van der Waals surface area contributed by atoms with Crippen molar-refractivity contribution in [3.63, 3.8) is 0 Å². The molecule has 0 bridgehead atoms. The third-order valence-electron chi connectivity index (χ3n) is 5.52. The van der Waals surface area contributed by atoms with E-state index in [4.69, 9.17) is 0 Å². The fourth-order valence-corrected chi connectivity index (χ4v) is 3.71. The summed E-state index contributed by atoms with van der Waals surface area (Å²) in [6.07, 6.45) is 1.73. The van der Waals surface area contributed by atoms with Crippen LogP contribution in [0.3, 0.4) is 0 Å². The summed E-state index contributed by atoms with van der Waals surface area (Å²) in [5.74, 6) is -0.0773. The minimum absolute atomic E-state index is 0.00778. The highest BCUT2D eigenvalue weighted by Crippen LogP contribution is 2.21. The normalized spacial score (nSPS) is 14.5. The van der Waals surface area contributed by atoms with Crippen LogP contribution in [0, 0.1) is 19.8 Å². The quantitative estimate of drug-likeness (QED) is 0.751. The van der Waals surface area contributed by atoms with Gasteiger partial charge in [0.15, 0.2) is 5.78 Å². The molecule has 5 heteroatoms. The van der Waals surface area contributed by atoms with E-state index in [0.717, 1.165) is 16.8 Å². The number of nitrogens with zero attached hydrogens (tertiary/aromatic N) is 1. The SMILES string of the molecule is Cc1ccc(C)c(C(=O)CCC(=O)N2CCC(C(=O)Nc3ccccc3)CC2)c1. The third-order valence-corrected chi connectivity index (χ3v) is 5.52. The second-order valence-corrected chi connectivity index (χ2v) is 7.75. The topological polar surface area (TPSA) is 66.5 Å². The van der Waals surface area contributed by atoms with Gasteiger partial charge in [-0.2, -0.15) is 0 Å². The molecule has 1 aliphatic heterocycles. The van der Waals surface area contributed by atoms with Crippen molar-refractivity contribution in [1.82, 2.24) is 4.90 Å². The van der Waals surface area contributed by atoms with Gasteiger partial charge < -0.3 is 10.2 Å². The highest BCUT2D eigenvalue weighted by molar-refractivity contribution is 5.99. The number of para-hydroxylation sites is 1. The number of hydrogen-bond acceptors (Lipinski definition) is 3. The lowest BCUT2D eigenvalue weighted by molar-refractivity contribution is -0.134. The molecule has 0 aliphatic carbocycles. The number of anilines is 1. The molecular formula is C24H28N2O3. The molecule has 2 amide bonds. The van der Waals surface area contributed by atoms with Crippen LogP contribution in [0.15, 0.2) is 48.5 Å². The Morgan fingerprint density at radius 2 is 1.66 bits per heavy atom. The van der Waals surface area contributed by atoms with Gasteiger partial charge in [0.25, 0.3) is 0 Å². The molecule has 2 aromatic rings. The van der Waals surface area contributed by atoms with Crippen LogP contribution < -0.4 is 5.32 Å². The van der Waals surface area contributed by atoms with E-state index in [1.54, 1.807) is 4.90 Å². The van der Waals surface area contributed by atoms with Gasteiger partial charge in [-0.3, -0.25) is 14.4 Å². The predicted molar refractivity (Wildman–Crippen MR) is 114 cm³/mol. The smallest absolute Gasteiger partial charge is 0.227 e. The van der Waals surface area contributed by atoms with Crippen LogP contribution in [-0.4, -0.2) is 35.6 Å². The molecule has 3 rings (SSSR count). The zero-order chi connectivity index (χ0) is 20.8. The number of rotatable bonds is 6. The molecule has 2 aromatic carbocycles. The zero-order valence-corrected chi connectivity index (χ0v) is 17.1. The van der Waals surface area contributed by atoms with Gasteiger partial charge in [0.1, 0.15) is 0 Å². The number of carbonyl (C=O) groups excluding carboxylic acids is 3. The molecule has 1 aliphatic rings. The summed E-state index contributed by atoms with van der Waals surface area (Å²) in [5, 5.41) is 2.94. The molecule has 0 saturated carbocycles. The zero-order valence-electron chi connectivity index (χ0n) is 17.1. The number of carbonyl (C=O) groups is 3. The van der Waals surface area contributed by atoms with Gasteiger partial charge in [-0.15, -0.1) is 0 Å². The number of hydrogen-bond donors (Lipinski definition) is 1. The van der Waals surface area contributed by atoms with Crippen LogP contribution in [0.4, 0.5) is 5.69 Å². The largest absolute Gasteiger partial charge is 0.343 e. The maximum absolute atomic E-state index is 12.5. The number of piperidine rings is 1. The molecule has 1 saturated heterocycles. The van der Waals surface area contributed by atoms with E-state index in [1.165, 1.54) is 0 Å². The average molecular weight is 392 g/mol. The van der Waals surface area contributed by atoms with Crippen molar-refractivity contribution in [1.29, 1.82) is 0 Å². The summed E-state index contributed by atoms with van der Waals surface area (Å²) in [4.78, 5) is 39.2. The molecule has 0 atom stereocenters. The van der Waals surface area contributed by atoms with Gasteiger partial charge in [-0.1, -0.05) is 35.9 Å². The van der Waals surface area contributed by atoms with E-state index in [-0.39, 0.29) is 36.4 Å². The molecule has 1 N–H and O–H groups in total. The lowest BCUT2D eigenvalue weighted by atomic mass is 9.95. The molecule has 0 aromatic heterocycles. The van der Waals surface area contributed by atoms with Crippen LogP contribution in [0.25, 0.3) is 0 Å². The first-order valence-electron chi connectivity index (χ1n) is 10.2. The fraction of sp³-hybridized carbons (Fsp3) is 0.375. The summed E-state index contributed by atoms with van der Waals surface area (Å²) in [6.45, 7) is 4.99. The van der Waals surface area contributed by atoms with Gasteiger partial charge in [-0.05, 0) is 50.5 Å². The van der Waals surface area contributed by atoms with E-state index in [2.05, 4.69) is 5.32 Å². The minimum Gasteiger partial charge on any atom is -0.343 e. The predicted octanol–water partition coefficient (Wildman–Crippen LogP) is 4.14. The van der Waals surface area contributed by atoms with Gasteiger partial charge in [-0.25, -0.2) is 0 Å². The molecule has 0 spiro atoms. The summed E-state index contributed by atoms with van der Waals surface area (Å²) in [6, 6.07) is 15.2. The molecule has 0 unspecified atom stereocenters. The molecule has 5 nitrogen and oxygen atoms in total. The van der Waals surface area contributed by atoms with Crippen LogP contribution >= 0.6 is 0 Å². The number of likely N-dealkylation sites (tertiary alicyclic amines) is 1. The van der Waals surface area contributed by atoms with Gasteiger partial charge >= 0.3 is 0 Å². The van der Waals surface area contributed by atoms with Crippen molar-refractivity contribution in [2.75, 3.05) is 18.4 Å². The Labute approximate surface area is 172 Å². The lowest BCUT2D eigenvalue weighted by Crippen LogP contribution is -2.41. The van der Waals surface area contributed by atoms with Crippen LogP contribution in [0.2, 0.25) is 0 Å². The van der Waals surface area contributed by atoms with E-state index in [9.17, 15) is 14.4 Å². The van der Waals surface area contributed by atoms with Gasteiger partial charge in [0.05, 0.1) is 0 Å². The van der Waals surface area contributed by atoms with E-state index in [0.29, 0.717) is 31.5 Å². The Bertz CT molecular complexity index is 884. The Hall–Kier alpha value is -2.95. The number of amides is 2. The highest BCUT2D eigenvalue weighted by Gasteiger charge is 2.27. The maximum atomic E-state index is 12.5. The molecule has 1 fully saturated rings. The molecule has 152 valence electrons. The maximum Gasteiger partial charge on any atom is 0.227 e. The number of nitrogens with one attached hydrogen (secondary N) is 1. The van der Waals surface area contributed by atoms with Crippen molar-refractivity contribution >= 4 is 23.3 Å². The summed E-state index contributed by atoms with van der Waals surface area (Å²) >= 11 is 0. The van der Waals surface area contributed by atoms with Crippen molar-refractivity contribution < 1.29 is 14.4 Å². The number of benzene rings is 2. The third kappa shape index (κ3) is 5.53. The van der Waals surface area contributed by atoms with Crippen LogP contribution in [0.1, 0.15) is 47.2 Å². The summed E-state index contributed by atoms with van der Waals surface area (Å²) < 4.78 is 0. The summed E-state index contributed by atoms with van der Waals surface area (Å²) in [7, 11) is 0. The molecule has 0 radical (unpaired) electrons. The van der Waals surface area contributed by atoms with Crippen molar-refractivity contribution in [2.45, 2.75) is 39.5 Å². The van der Waals surface area contributed by atoms with Crippen molar-refractivity contribution in [2.24, 2.45) is 5.92 Å². The minimum atomic E-state index is -0.0872. The molecule has 1 heterocycles. The second-order valence-electron chi connectivity index (χ2n) is 7.75. The Kier molecular flexibility index (Phi) is 6.81. The first-order chi connectivity index (χ1) is 13.9. The monoisotopic (exact) mass is 392 g/mol. The number of Topliss-reactive ketones (excluding diaryl/α,β-unsaturated/α-hetero) is 1. The number of ketones is 1. The van der Waals surface area contributed by atoms with E-state index >= 15 is 0 Å². The molecular weight excluding hydrogens is 364 g/mol. The Morgan fingerprint density at radius 1 is 0.966 bits per heavy atom.